The normalized spacial score (nSPS) is 50.0. The van der Waals surface area contributed by atoms with E-state index in [0.29, 0.717) is 0 Å². The van der Waals surface area contributed by atoms with Crippen molar-refractivity contribution in [3.05, 3.63) is 0 Å². The molecule has 0 spiro atoms. The summed E-state index contributed by atoms with van der Waals surface area (Å²) in [4.78, 5) is 22.8. The van der Waals surface area contributed by atoms with Crippen LogP contribution in [-0.2, 0) is 33.3 Å². The van der Waals surface area contributed by atoms with Gasteiger partial charge in [-0.2, -0.15) is 0 Å². The standard InChI is InChI=1S/C18H28O18/c19-1-2-3(20)4(21)7(24)17(32-2)34-10-9(26)12(15(29)30)33-16(31)13(10)36-18-8(25)5(22)6(23)11(35-18)14(27)28/h2-13,16-26,31H,1H2,(H,27,28)(H,29,30)/t2-,3-,4+,5+,6+,7-,8-,9+,10+,11+,12+,13-,16?,17?,18?/m1/s1. The molecule has 3 saturated heterocycles. The van der Waals surface area contributed by atoms with Crippen molar-refractivity contribution in [2.24, 2.45) is 0 Å². The fraction of sp³-hybridized carbons (Fsp3) is 0.889. The predicted octanol–water partition coefficient (Wildman–Crippen LogP) is -7.39. The summed E-state index contributed by atoms with van der Waals surface area (Å²) in [6.07, 6.45) is -30.4. The van der Waals surface area contributed by atoms with Crippen molar-refractivity contribution in [3.8, 4) is 0 Å². The Kier molecular flexibility index (Phi) is 9.17. The first kappa shape index (κ1) is 28.9. The number of hydrogen-bond acceptors (Lipinski definition) is 16. The lowest BCUT2D eigenvalue weighted by molar-refractivity contribution is -0.382. The minimum atomic E-state index is -2.27. The zero-order valence-corrected chi connectivity index (χ0v) is 18.1. The lowest BCUT2D eigenvalue weighted by Gasteiger charge is -2.47. The number of ether oxygens (including phenoxy) is 5. The van der Waals surface area contributed by atoms with Gasteiger partial charge in [0.25, 0.3) is 0 Å². The van der Waals surface area contributed by atoms with Crippen LogP contribution in [0.3, 0.4) is 0 Å². The molecule has 0 aromatic heterocycles. The predicted molar refractivity (Wildman–Crippen MR) is 102 cm³/mol. The molecule has 0 saturated carbocycles. The van der Waals surface area contributed by atoms with E-state index in [4.69, 9.17) is 23.7 Å². The highest BCUT2D eigenvalue weighted by molar-refractivity contribution is 5.73. The van der Waals surface area contributed by atoms with Crippen LogP contribution in [0.1, 0.15) is 0 Å². The maximum atomic E-state index is 11.5. The topological polar surface area (TPSA) is 303 Å². The van der Waals surface area contributed by atoms with Gasteiger partial charge in [0.1, 0.15) is 61.0 Å². The smallest absolute Gasteiger partial charge is 0.335 e. The second kappa shape index (κ2) is 11.4. The fourth-order valence-electron chi connectivity index (χ4n) is 4.00. The zero-order chi connectivity index (χ0) is 27.1. The second-order valence-electron chi connectivity index (χ2n) is 8.41. The molecule has 0 amide bonds. The van der Waals surface area contributed by atoms with Crippen molar-refractivity contribution >= 4 is 11.9 Å². The van der Waals surface area contributed by atoms with Crippen molar-refractivity contribution in [1.29, 1.82) is 0 Å². The van der Waals surface area contributed by atoms with E-state index >= 15 is 0 Å². The first-order valence-electron chi connectivity index (χ1n) is 10.6. The Labute approximate surface area is 201 Å². The summed E-state index contributed by atoms with van der Waals surface area (Å²) in [6.45, 7) is -0.861. The molecule has 15 atom stereocenters. The molecule has 36 heavy (non-hydrogen) atoms. The van der Waals surface area contributed by atoms with E-state index in [1.807, 2.05) is 0 Å². The summed E-state index contributed by atoms with van der Waals surface area (Å²) in [5, 5.41) is 109. The van der Waals surface area contributed by atoms with Crippen molar-refractivity contribution in [2.75, 3.05) is 6.61 Å². The quantitative estimate of drug-likeness (QED) is 0.145. The number of aliphatic hydroxyl groups is 9. The minimum absolute atomic E-state index is 0.861. The minimum Gasteiger partial charge on any atom is -0.479 e. The van der Waals surface area contributed by atoms with E-state index in [1.165, 1.54) is 0 Å². The molecule has 3 heterocycles. The molecule has 11 N–H and O–H groups in total. The summed E-state index contributed by atoms with van der Waals surface area (Å²) < 4.78 is 25.6. The molecule has 3 aliphatic rings. The molecule has 3 aliphatic heterocycles. The number of carboxylic acids is 2. The summed E-state index contributed by atoms with van der Waals surface area (Å²) in [5.41, 5.74) is 0. The average Bonchev–Trinajstić information content (AvgIpc) is 2.82. The lowest BCUT2D eigenvalue weighted by Crippen LogP contribution is -2.67. The molecule has 3 unspecified atom stereocenters. The van der Waals surface area contributed by atoms with Gasteiger partial charge in [0, 0.05) is 0 Å². The van der Waals surface area contributed by atoms with Gasteiger partial charge in [0.2, 0.25) is 0 Å². The Morgan fingerprint density at radius 3 is 1.58 bits per heavy atom. The van der Waals surface area contributed by atoms with Gasteiger partial charge in [-0.1, -0.05) is 0 Å². The highest BCUT2D eigenvalue weighted by atomic mass is 16.8. The van der Waals surface area contributed by atoms with E-state index < -0.39 is 111 Å². The Hall–Kier alpha value is -1.62. The van der Waals surface area contributed by atoms with Crippen LogP contribution < -0.4 is 0 Å². The maximum Gasteiger partial charge on any atom is 0.335 e. The molecule has 0 bridgehead atoms. The van der Waals surface area contributed by atoms with Crippen LogP contribution in [0.5, 0.6) is 0 Å². The molecular weight excluding hydrogens is 504 g/mol. The zero-order valence-electron chi connectivity index (χ0n) is 18.1. The average molecular weight is 532 g/mol. The van der Waals surface area contributed by atoms with Crippen molar-refractivity contribution in [2.45, 2.75) is 92.1 Å². The molecule has 18 nitrogen and oxygen atoms in total. The molecule has 208 valence electrons. The first-order chi connectivity index (χ1) is 16.8. The Morgan fingerprint density at radius 2 is 1.06 bits per heavy atom. The third-order valence-electron chi connectivity index (χ3n) is 6.03. The summed E-state index contributed by atoms with van der Waals surface area (Å²) in [6, 6.07) is 0. The van der Waals surface area contributed by atoms with Crippen LogP contribution in [0.2, 0.25) is 0 Å². The SMILES string of the molecule is O=C(O)[C@H]1OC(O[C@H]2C(O)O[C@H](C(=O)O)[C@@H](O)[C@@H]2OC2O[C@H](CO)[C@@H](O)[C@H](O)[C@H]2O)[C@H](O)[C@@H](O)[C@@H]1O. The van der Waals surface area contributed by atoms with E-state index in [1.54, 1.807) is 0 Å². The van der Waals surface area contributed by atoms with E-state index in [0.717, 1.165) is 0 Å². The number of aliphatic carboxylic acids is 2. The molecule has 0 aliphatic carbocycles. The first-order valence-corrected chi connectivity index (χ1v) is 10.6. The molecule has 18 heteroatoms. The number of aliphatic hydroxyl groups excluding tert-OH is 9. The van der Waals surface area contributed by atoms with Gasteiger partial charge in [0.05, 0.1) is 6.61 Å². The highest BCUT2D eigenvalue weighted by Crippen LogP contribution is 2.32. The molecule has 0 radical (unpaired) electrons. The van der Waals surface area contributed by atoms with Gasteiger partial charge in [-0.25, -0.2) is 9.59 Å². The summed E-state index contributed by atoms with van der Waals surface area (Å²) in [5.74, 6) is -3.54. The number of rotatable bonds is 7. The molecule has 3 fully saturated rings. The Bertz CT molecular complexity index is 779. The van der Waals surface area contributed by atoms with Gasteiger partial charge < -0.3 is 79.9 Å². The molecule has 0 aromatic rings. The van der Waals surface area contributed by atoms with Crippen LogP contribution in [0.25, 0.3) is 0 Å². The van der Waals surface area contributed by atoms with Crippen molar-refractivity contribution < 1.29 is 89.4 Å². The number of carbonyl (C=O) groups is 2. The largest absolute Gasteiger partial charge is 0.479 e. The van der Waals surface area contributed by atoms with Crippen LogP contribution in [-0.4, -0.2) is 167 Å². The summed E-state index contributed by atoms with van der Waals surface area (Å²) in [7, 11) is 0. The Morgan fingerprint density at radius 1 is 0.583 bits per heavy atom. The van der Waals surface area contributed by atoms with Gasteiger partial charge in [-0.15, -0.1) is 0 Å². The molecular formula is C18H28O18. The number of carboxylic acid groups (broad SMARTS) is 2. The van der Waals surface area contributed by atoms with Gasteiger partial charge in [-0.3, -0.25) is 0 Å². The van der Waals surface area contributed by atoms with Gasteiger partial charge in [-0.05, 0) is 0 Å². The van der Waals surface area contributed by atoms with E-state index in [9.17, 15) is 65.8 Å². The maximum absolute atomic E-state index is 11.5. The van der Waals surface area contributed by atoms with E-state index in [-0.39, 0.29) is 0 Å². The monoisotopic (exact) mass is 532 g/mol. The fourth-order valence-corrected chi connectivity index (χ4v) is 4.00. The molecule has 0 aromatic carbocycles. The lowest BCUT2D eigenvalue weighted by atomic mass is 9.96. The second-order valence-corrected chi connectivity index (χ2v) is 8.41. The van der Waals surface area contributed by atoms with Crippen LogP contribution in [0, 0.1) is 0 Å². The van der Waals surface area contributed by atoms with Crippen molar-refractivity contribution in [1.82, 2.24) is 0 Å². The van der Waals surface area contributed by atoms with Crippen LogP contribution in [0.15, 0.2) is 0 Å². The third-order valence-corrected chi connectivity index (χ3v) is 6.03. The number of hydrogen-bond donors (Lipinski definition) is 11. The third kappa shape index (κ3) is 5.47. The van der Waals surface area contributed by atoms with Crippen molar-refractivity contribution in [3.63, 3.8) is 0 Å². The van der Waals surface area contributed by atoms with Gasteiger partial charge in [0.15, 0.2) is 31.1 Å². The summed E-state index contributed by atoms with van der Waals surface area (Å²) >= 11 is 0. The van der Waals surface area contributed by atoms with E-state index in [2.05, 4.69) is 0 Å². The van der Waals surface area contributed by atoms with Crippen LogP contribution >= 0.6 is 0 Å². The highest BCUT2D eigenvalue weighted by Gasteiger charge is 2.55. The Balaban J connectivity index is 1.88. The van der Waals surface area contributed by atoms with Crippen LogP contribution in [0.4, 0.5) is 0 Å². The van der Waals surface area contributed by atoms with Gasteiger partial charge >= 0.3 is 11.9 Å². The molecule has 3 rings (SSSR count).